The molecule has 0 aliphatic carbocycles. The number of nitrogens with zero attached hydrogens (tertiary/aromatic N) is 3. The van der Waals surface area contributed by atoms with Crippen molar-refractivity contribution in [3.05, 3.63) is 18.2 Å². The predicted octanol–water partition coefficient (Wildman–Crippen LogP) is 2.95. The Morgan fingerprint density at radius 1 is 1.31 bits per heavy atom. The molecule has 0 saturated heterocycles. The average molecular weight is 459 g/mol. The fourth-order valence-electron chi connectivity index (χ4n) is 2.60. The molecule has 0 atom stereocenters. The molecule has 2 heterocycles. The van der Waals surface area contributed by atoms with Gasteiger partial charge in [-0.3, -0.25) is 9.10 Å². The van der Waals surface area contributed by atoms with E-state index in [0.29, 0.717) is 34.0 Å². The van der Waals surface area contributed by atoms with E-state index in [1.54, 1.807) is 30.0 Å². The van der Waals surface area contributed by atoms with Crippen molar-refractivity contribution in [3.8, 4) is 11.5 Å². The third kappa shape index (κ3) is 5.97. The van der Waals surface area contributed by atoms with Crippen molar-refractivity contribution < 1.29 is 22.7 Å². The van der Waals surface area contributed by atoms with Crippen LogP contribution in [0.4, 0.5) is 10.8 Å². The van der Waals surface area contributed by atoms with Gasteiger partial charge >= 0.3 is 0 Å². The van der Waals surface area contributed by atoms with Crippen LogP contribution >= 0.6 is 23.1 Å². The Morgan fingerprint density at radius 3 is 2.79 bits per heavy atom. The lowest BCUT2D eigenvalue weighted by molar-refractivity contribution is -0.116. The third-order valence-corrected chi connectivity index (χ3v) is 6.92. The molecule has 1 aromatic heterocycles. The summed E-state index contributed by atoms with van der Waals surface area (Å²) in [7, 11) is -3.52. The van der Waals surface area contributed by atoms with Gasteiger partial charge in [0, 0.05) is 24.3 Å². The zero-order valence-electron chi connectivity index (χ0n) is 16.2. The van der Waals surface area contributed by atoms with Crippen molar-refractivity contribution in [2.75, 3.05) is 29.2 Å². The molecule has 2 aromatic rings. The van der Waals surface area contributed by atoms with Crippen molar-refractivity contribution in [2.24, 2.45) is 0 Å². The van der Waals surface area contributed by atoms with E-state index >= 15 is 0 Å². The molecule has 0 saturated carbocycles. The van der Waals surface area contributed by atoms with Crippen molar-refractivity contribution in [1.29, 1.82) is 0 Å². The van der Waals surface area contributed by atoms with Gasteiger partial charge in [0.2, 0.25) is 27.9 Å². The highest BCUT2D eigenvalue weighted by atomic mass is 32.2. The van der Waals surface area contributed by atoms with Gasteiger partial charge in [-0.1, -0.05) is 36.9 Å². The number of carbonyl (C=O) groups excluding carboxylic acids is 1. The number of rotatable bonds is 9. The molecule has 3 rings (SSSR count). The lowest BCUT2D eigenvalue weighted by atomic mass is 10.2. The second kappa shape index (κ2) is 9.18. The van der Waals surface area contributed by atoms with Gasteiger partial charge in [-0.2, -0.15) is 0 Å². The number of nitrogens with one attached hydrogen (secondary N) is 1. The number of benzene rings is 1. The second-order valence-corrected chi connectivity index (χ2v) is 11.3. The van der Waals surface area contributed by atoms with Gasteiger partial charge in [-0.25, -0.2) is 8.42 Å². The monoisotopic (exact) mass is 458 g/mol. The van der Waals surface area contributed by atoms with E-state index in [9.17, 15) is 13.2 Å². The number of fused-ring (bicyclic) bond motifs is 1. The molecule has 9 nitrogen and oxygen atoms in total. The third-order valence-electron chi connectivity index (χ3n) is 3.80. The van der Waals surface area contributed by atoms with Gasteiger partial charge in [0.15, 0.2) is 15.8 Å². The molecule has 1 aliphatic heterocycles. The van der Waals surface area contributed by atoms with Crippen LogP contribution in [0.1, 0.15) is 26.7 Å². The Morgan fingerprint density at radius 2 is 2.07 bits per heavy atom. The number of ether oxygens (including phenoxy) is 2. The van der Waals surface area contributed by atoms with E-state index in [1.165, 1.54) is 15.6 Å². The summed E-state index contributed by atoms with van der Waals surface area (Å²) in [5, 5.41) is 11.5. The van der Waals surface area contributed by atoms with E-state index in [0.717, 1.165) is 10.6 Å². The van der Waals surface area contributed by atoms with E-state index in [2.05, 4.69) is 29.4 Å². The van der Waals surface area contributed by atoms with Crippen LogP contribution in [-0.4, -0.2) is 49.4 Å². The highest BCUT2D eigenvalue weighted by Gasteiger charge is 2.21. The summed E-state index contributed by atoms with van der Waals surface area (Å²) in [4.78, 5) is 12.2. The first kappa shape index (κ1) is 21.7. The first-order valence-corrected chi connectivity index (χ1v) is 12.4. The summed E-state index contributed by atoms with van der Waals surface area (Å²) in [5.41, 5.74) is 0.469. The molecule has 29 heavy (non-hydrogen) atoms. The molecular weight excluding hydrogens is 436 g/mol. The second-order valence-electron chi connectivity index (χ2n) is 6.56. The quantitative estimate of drug-likeness (QED) is 0.451. The number of hydrogen-bond donors (Lipinski definition) is 1. The van der Waals surface area contributed by atoms with Crippen LogP contribution in [0.2, 0.25) is 0 Å². The van der Waals surface area contributed by atoms with Crippen LogP contribution in [0.3, 0.4) is 0 Å². The molecule has 0 unspecified atom stereocenters. The van der Waals surface area contributed by atoms with E-state index in [1.807, 2.05) is 0 Å². The van der Waals surface area contributed by atoms with Crippen LogP contribution in [0, 0.1) is 0 Å². The zero-order valence-corrected chi connectivity index (χ0v) is 18.7. The van der Waals surface area contributed by atoms with Crippen LogP contribution in [0.5, 0.6) is 11.5 Å². The Balaban J connectivity index is 1.56. The molecule has 1 aliphatic rings. The molecule has 0 bridgehead atoms. The Hall–Kier alpha value is -2.05. The Bertz CT molecular complexity index is 977. The van der Waals surface area contributed by atoms with E-state index in [-0.39, 0.29) is 25.7 Å². The molecule has 0 fully saturated rings. The molecule has 0 spiro atoms. The molecule has 158 valence electrons. The van der Waals surface area contributed by atoms with E-state index in [4.69, 9.17) is 9.47 Å². The topological polar surface area (TPSA) is 111 Å². The number of sulfonamides is 1. The maximum Gasteiger partial charge on any atom is 0.232 e. The number of hydrogen-bond acceptors (Lipinski definition) is 9. The van der Waals surface area contributed by atoms with Crippen LogP contribution in [0.15, 0.2) is 22.5 Å². The van der Waals surface area contributed by atoms with Gasteiger partial charge in [0.1, 0.15) is 0 Å². The normalized spacial score (nSPS) is 13.0. The minimum absolute atomic E-state index is 0.112. The molecule has 1 amide bonds. The summed E-state index contributed by atoms with van der Waals surface area (Å²) >= 11 is 2.90. The minimum Gasteiger partial charge on any atom is -0.454 e. The van der Waals surface area contributed by atoms with Crippen molar-refractivity contribution in [1.82, 2.24) is 10.2 Å². The maximum atomic E-state index is 12.2. The maximum absolute atomic E-state index is 12.2. The molecule has 1 N–H and O–H groups in total. The molecule has 0 radical (unpaired) electrons. The largest absolute Gasteiger partial charge is 0.454 e. The fourth-order valence-corrected chi connectivity index (χ4v) is 5.55. The Labute approximate surface area is 177 Å². The summed E-state index contributed by atoms with van der Waals surface area (Å²) < 4.78 is 37.1. The zero-order chi connectivity index (χ0) is 21.0. The van der Waals surface area contributed by atoms with Crippen molar-refractivity contribution in [2.45, 2.75) is 36.3 Å². The lowest BCUT2D eigenvalue weighted by Crippen LogP contribution is -2.31. The van der Waals surface area contributed by atoms with Crippen LogP contribution < -0.4 is 19.1 Å². The van der Waals surface area contributed by atoms with Gasteiger partial charge in [-0.05, 0) is 18.6 Å². The number of amides is 1. The predicted molar refractivity (Wildman–Crippen MR) is 114 cm³/mol. The lowest BCUT2D eigenvalue weighted by Gasteiger charge is -2.22. The minimum atomic E-state index is -3.52. The van der Waals surface area contributed by atoms with Crippen molar-refractivity contribution in [3.63, 3.8) is 0 Å². The van der Waals surface area contributed by atoms with Gasteiger partial charge in [-0.15, -0.1) is 10.2 Å². The summed E-state index contributed by atoms with van der Waals surface area (Å²) in [6.45, 7) is 4.38. The van der Waals surface area contributed by atoms with Gasteiger partial charge < -0.3 is 14.8 Å². The summed E-state index contributed by atoms with van der Waals surface area (Å²) in [5.74, 6) is 0.843. The van der Waals surface area contributed by atoms with E-state index < -0.39 is 10.0 Å². The smallest absolute Gasteiger partial charge is 0.232 e. The first-order valence-electron chi connectivity index (χ1n) is 8.90. The highest BCUT2D eigenvalue weighted by molar-refractivity contribution is 8.01. The summed E-state index contributed by atoms with van der Waals surface area (Å²) in [6.07, 6.45) is 1.63. The molecule has 12 heteroatoms. The van der Waals surface area contributed by atoms with Crippen LogP contribution in [0.25, 0.3) is 0 Å². The number of carbonyl (C=O) groups is 1. The fraction of sp³-hybridized carbons (Fsp3) is 0.471. The standard InChI is InChI=1S/C17H22N4O5S3/c1-11(2)27-17-20-19-16(28-17)18-15(22)5-4-8-21(29(3,23)24)12-6-7-13-14(9-12)26-10-25-13/h6-7,9,11H,4-5,8,10H2,1-3H3,(H,18,19,22). The number of anilines is 2. The molecular formula is C17H22N4O5S3. The first-order chi connectivity index (χ1) is 13.7. The SMILES string of the molecule is CC(C)Sc1nnc(NC(=O)CCCN(c2ccc3c(c2)OCO3)S(C)(=O)=O)s1. The summed E-state index contributed by atoms with van der Waals surface area (Å²) in [6, 6.07) is 4.95. The number of aromatic nitrogens is 2. The van der Waals surface area contributed by atoms with Crippen molar-refractivity contribution >= 4 is 49.8 Å². The molecule has 1 aromatic carbocycles. The Kier molecular flexibility index (Phi) is 6.85. The van der Waals surface area contributed by atoms with Crippen LogP contribution in [-0.2, 0) is 14.8 Å². The van der Waals surface area contributed by atoms with Gasteiger partial charge in [0.25, 0.3) is 0 Å². The average Bonchev–Trinajstić information content (AvgIpc) is 3.25. The highest BCUT2D eigenvalue weighted by Crippen LogP contribution is 2.36. The van der Waals surface area contributed by atoms with Gasteiger partial charge in [0.05, 0.1) is 11.9 Å². The number of thioether (sulfide) groups is 1.